The van der Waals surface area contributed by atoms with Crippen LogP contribution in [0.1, 0.15) is 24.9 Å². The molecule has 0 aromatic heterocycles. The number of halogens is 3. The van der Waals surface area contributed by atoms with Crippen molar-refractivity contribution < 1.29 is 13.2 Å². The van der Waals surface area contributed by atoms with E-state index < -0.39 is 12.2 Å². The second kappa shape index (κ2) is 5.74. The lowest BCUT2D eigenvalue weighted by Gasteiger charge is -2.25. The van der Waals surface area contributed by atoms with Crippen LogP contribution in [-0.2, 0) is 0 Å². The van der Waals surface area contributed by atoms with Crippen molar-refractivity contribution in [1.29, 1.82) is 0 Å². The number of alkyl halides is 3. The topological polar surface area (TPSA) is 12.0 Å². The summed E-state index contributed by atoms with van der Waals surface area (Å²) >= 11 is 0. The van der Waals surface area contributed by atoms with Crippen molar-refractivity contribution >= 4 is 0 Å². The van der Waals surface area contributed by atoms with Crippen LogP contribution in [0.5, 0.6) is 0 Å². The molecule has 0 saturated heterocycles. The van der Waals surface area contributed by atoms with Crippen molar-refractivity contribution in [2.75, 3.05) is 0 Å². The molecule has 0 fully saturated rings. The fourth-order valence-corrected chi connectivity index (χ4v) is 1.55. The molecule has 0 saturated carbocycles. The molecule has 1 N–H and O–H groups in total. The van der Waals surface area contributed by atoms with Gasteiger partial charge in [-0.2, -0.15) is 13.2 Å². The van der Waals surface area contributed by atoms with Crippen LogP contribution in [-0.4, -0.2) is 12.2 Å². The minimum Gasteiger partial charge on any atom is -0.299 e. The maximum absolute atomic E-state index is 12.9. The largest absolute Gasteiger partial charge is 0.407 e. The first-order chi connectivity index (χ1) is 7.95. The zero-order valence-electron chi connectivity index (χ0n) is 9.46. The van der Waals surface area contributed by atoms with Crippen LogP contribution < -0.4 is 5.32 Å². The minimum absolute atomic E-state index is 0.198. The van der Waals surface area contributed by atoms with E-state index >= 15 is 0 Å². The number of hydrogen-bond donors (Lipinski definition) is 1. The Hall–Kier alpha value is -1.47. The van der Waals surface area contributed by atoms with Crippen molar-refractivity contribution in [3.8, 4) is 12.3 Å². The van der Waals surface area contributed by atoms with Crippen LogP contribution in [0, 0.1) is 12.3 Å². The van der Waals surface area contributed by atoms with E-state index in [0.717, 1.165) is 0 Å². The van der Waals surface area contributed by atoms with E-state index in [1.54, 1.807) is 25.1 Å². The maximum atomic E-state index is 12.9. The molecule has 0 bridgehead atoms. The molecule has 1 rings (SSSR count). The van der Waals surface area contributed by atoms with Crippen molar-refractivity contribution in [3.63, 3.8) is 0 Å². The Labute approximate surface area is 99.0 Å². The van der Waals surface area contributed by atoms with Gasteiger partial charge in [0.15, 0.2) is 0 Å². The zero-order chi connectivity index (χ0) is 12.9. The average molecular weight is 241 g/mol. The molecule has 2 unspecified atom stereocenters. The van der Waals surface area contributed by atoms with Gasteiger partial charge in [0.2, 0.25) is 0 Å². The van der Waals surface area contributed by atoms with E-state index in [9.17, 15) is 13.2 Å². The number of benzene rings is 1. The molecule has 0 spiro atoms. The molecule has 0 aliphatic carbocycles. The Morgan fingerprint density at radius 2 is 1.88 bits per heavy atom. The van der Waals surface area contributed by atoms with E-state index in [4.69, 9.17) is 6.42 Å². The Bertz CT molecular complexity index is 378. The molecule has 2 atom stereocenters. The quantitative estimate of drug-likeness (QED) is 0.797. The first kappa shape index (κ1) is 13.6. The van der Waals surface area contributed by atoms with Crippen LogP contribution in [0.15, 0.2) is 30.3 Å². The highest BCUT2D eigenvalue weighted by Gasteiger charge is 2.41. The number of rotatable bonds is 4. The van der Waals surface area contributed by atoms with Crippen molar-refractivity contribution in [2.45, 2.75) is 31.6 Å². The predicted molar refractivity (Wildman–Crippen MR) is 61.3 cm³/mol. The molecule has 1 aromatic carbocycles. The van der Waals surface area contributed by atoms with Gasteiger partial charge in [-0.05, 0) is 12.5 Å². The number of terminal acetylenes is 1. The SMILES string of the molecule is C#CCC(C)NC(c1ccccc1)C(F)(F)F. The van der Waals surface area contributed by atoms with Gasteiger partial charge in [0, 0.05) is 12.5 Å². The van der Waals surface area contributed by atoms with E-state index in [2.05, 4.69) is 11.2 Å². The van der Waals surface area contributed by atoms with Gasteiger partial charge < -0.3 is 0 Å². The van der Waals surface area contributed by atoms with E-state index in [-0.39, 0.29) is 18.0 Å². The summed E-state index contributed by atoms with van der Waals surface area (Å²) in [6.45, 7) is 1.64. The number of nitrogens with one attached hydrogen (secondary N) is 1. The molecule has 92 valence electrons. The Balaban J connectivity index is 2.87. The first-order valence-electron chi connectivity index (χ1n) is 5.26. The third-order valence-corrected chi connectivity index (χ3v) is 2.34. The molecule has 1 aromatic rings. The maximum Gasteiger partial charge on any atom is 0.407 e. The van der Waals surface area contributed by atoms with Crippen molar-refractivity contribution in [3.05, 3.63) is 35.9 Å². The molecule has 0 amide bonds. The van der Waals surface area contributed by atoms with E-state index in [0.29, 0.717) is 0 Å². The Morgan fingerprint density at radius 3 is 2.35 bits per heavy atom. The average Bonchev–Trinajstić information content (AvgIpc) is 2.26. The van der Waals surface area contributed by atoms with Gasteiger partial charge in [0.1, 0.15) is 6.04 Å². The van der Waals surface area contributed by atoms with Crippen LogP contribution in [0.3, 0.4) is 0 Å². The van der Waals surface area contributed by atoms with Gasteiger partial charge in [-0.1, -0.05) is 30.3 Å². The second-order valence-electron chi connectivity index (χ2n) is 3.86. The van der Waals surface area contributed by atoms with Gasteiger partial charge in [-0.3, -0.25) is 5.32 Å². The first-order valence-corrected chi connectivity index (χ1v) is 5.26. The second-order valence-corrected chi connectivity index (χ2v) is 3.86. The van der Waals surface area contributed by atoms with Gasteiger partial charge in [0.05, 0.1) is 0 Å². The van der Waals surface area contributed by atoms with Crippen LogP contribution in [0.2, 0.25) is 0 Å². The molecule has 17 heavy (non-hydrogen) atoms. The fraction of sp³-hybridized carbons (Fsp3) is 0.385. The summed E-state index contributed by atoms with van der Waals surface area (Å²) in [5.41, 5.74) is 0.198. The monoisotopic (exact) mass is 241 g/mol. The summed E-state index contributed by atoms with van der Waals surface area (Å²) in [5, 5.41) is 2.51. The zero-order valence-corrected chi connectivity index (χ0v) is 9.46. The molecule has 1 nitrogen and oxygen atoms in total. The lowest BCUT2D eigenvalue weighted by atomic mass is 10.1. The molecule has 0 aliphatic heterocycles. The van der Waals surface area contributed by atoms with Crippen LogP contribution in [0.25, 0.3) is 0 Å². The standard InChI is InChI=1S/C13H14F3N/c1-3-7-10(2)17-12(13(14,15)16)11-8-5-4-6-9-11/h1,4-6,8-10,12,17H,7H2,2H3. The van der Waals surface area contributed by atoms with E-state index in [1.165, 1.54) is 12.1 Å². The molecule has 4 heteroatoms. The predicted octanol–water partition coefficient (Wildman–Crippen LogP) is 3.29. The lowest BCUT2D eigenvalue weighted by Crippen LogP contribution is -2.39. The minimum atomic E-state index is -4.33. The summed E-state index contributed by atoms with van der Waals surface area (Å²) in [6, 6.07) is 5.70. The van der Waals surface area contributed by atoms with E-state index in [1.807, 2.05) is 0 Å². The third-order valence-electron chi connectivity index (χ3n) is 2.34. The van der Waals surface area contributed by atoms with Crippen molar-refractivity contribution in [2.24, 2.45) is 0 Å². The summed E-state index contributed by atoms with van der Waals surface area (Å²) in [5.74, 6) is 2.35. The summed E-state index contributed by atoms with van der Waals surface area (Å²) in [7, 11) is 0. The highest BCUT2D eigenvalue weighted by atomic mass is 19.4. The van der Waals surface area contributed by atoms with Gasteiger partial charge in [-0.25, -0.2) is 0 Å². The summed E-state index contributed by atoms with van der Waals surface area (Å²) in [4.78, 5) is 0. The van der Waals surface area contributed by atoms with Crippen LogP contribution >= 0.6 is 0 Å². The summed E-state index contributed by atoms with van der Waals surface area (Å²) in [6.07, 6.45) is 1.02. The highest BCUT2D eigenvalue weighted by molar-refractivity contribution is 5.20. The third kappa shape index (κ3) is 4.12. The smallest absolute Gasteiger partial charge is 0.299 e. The molecule has 0 aliphatic rings. The van der Waals surface area contributed by atoms with Gasteiger partial charge in [0.25, 0.3) is 0 Å². The Kier molecular flexibility index (Phi) is 4.59. The molecular weight excluding hydrogens is 227 g/mol. The molecular formula is C13H14F3N. The summed E-state index contributed by atoms with van der Waals surface area (Å²) < 4.78 is 38.7. The van der Waals surface area contributed by atoms with Crippen molar-refractivity contribution in [1.82, 2.24) is 5.32 Å². The Morgan fingerprint density at radius 1 is 1.29 bits per heavy atom. The molecule has 0 heterocycles. The van der Waals surface area contributed by atoms with Gasteiger partial charge >= 0.3 is 6.18 Å². The normalized spacial score (nSPS) is 15.0. The highest BCUT2D eigenvalue weighted by Crippen LogP contribution is 2.32. The van der Waals surface area contributed by atoms with Gasteiger partial charge in [-0.15, -0.1) is 12.3 Å². The number of hydrogen-bond acceptors (Lipinski definition) is 1. The lowest BCUT2D eigenvalue weighted by molar-refractivity contribution is -0.159. The van der Waals surface area contributed by atoms with Crippen LogP contribution in [0.4, 0.5) is 13.2 Å². The molecule has 0 radical (unpaired) electrons. The fourth-order valence-electron chi connectivity index (χ4n) is 1.55.